The molecule has 0 aliphatic rings. The number of furan rings is 1. The van der Waals surface area contributed by atoms with Crippen LogP contribution in [0.5, 0.6) is 0 Å². The van der Waals surface area contributed by atoms with Gasteiger partial charge in [0.05, 0.1) is 21.9 Å². The van der Waals surface area contributed by atoms with Crippen LogP contribution in [0, 0.1) is 6.92 Å². The van der Waals surface area contributed by atoms with Crippen molar-refractivity contribution in [3.63, 3.8) is 0 Å². The summed E-state index contributed by atoms with van der Waals surface area (Å²) in [6.07, 6.45) is 1.38. The third kappa shape index (κ3) is 3.89. The number of rotatable bonds is 5. The molecule has 1 aromatic heterocycles. The smallest absolute Gasteiger partial charge is 0.291 e. The number of carbonyl (C=O) groups is 1. The van der Waals surface area contributed by atoms with Crippen LogP contribution in [0.4, 0.5) is 11.4 Å². The van der Waals surface area contributed by atoms with Crippen molar-refractivity contribution in [2.45, 2.75) is 11.8 Å². The lowest BCUT2D eigenvalue weighted by Gasteiger charge is -2.13. The predicted molar refractivity (Wildman–Crippen MR) is 100 cm³/mol. The Morgan fingerprint density at radius 1 is 1.08 bits per heavy atom. The van der Waals surface area contributed by atoms with Crippen LogP contribution in [-0.2, 0) is 10.0 Å². The zero-order valence-electron chi connectivity index (χ0n) is 13.7. The minimum atomic E-state index is -3.89. The number of halogens is 1. The van der Waals surface area contributed by atoms with Crippen molar-refractivity contribution < 1.29 is 17.6 Å². The number of aryl methyl sites for hydroxylation is 1. The molecular weight excluding hydrogens is 376 g/mol. The molecule has 0 radical (unpaired) electrons. The molecule has 0 spiro atoms. The Morgan fingerprint density at radius 2 is 1.85 bits per heavy atom. The van der Waals surface area contributed by atoms with Crippen LogP contribution >= 0.6 is 11.6 Å². The Morgan fingerprint density at radius 3 is 2.54 bits per heavy atom. The molecule has 3 rings (SSSR count). The highest BCUT2D eigenvalue weighted by Gasteiger charge is 2.19. The molecule has 6 nitrogen and oxygen atoms in total. The van der Waals surface area contributed by atoms with E-state index < -0.39 is 15.9 Å². The highest BCUT2D eigenvalue weighted by molar-refractivity contribution is 7.92. The molecule has 26 heavy (non-hydrogen) atoms. The van der Waals surface area contributed by atoms with Crippen molar-refractivity contribution in [2.75, 3.05) is 10.0 Å². The van der Waals surface area contributed by atoms with E-state index in [2.05, 4.69) is 10.0 Å². The van der Waals surface area contributed by atoms with Crippen molar-refractivity contribution in [1.82, 2.24) is 0 Å². The summed E-state index contributed by atoms with van der Waals surface area (Å²) >= 11 is 6.02. The van der Waals surface area contributed by atoms with Gasteiger partial charge in [-0.1, -0.05) is 29.8 Å². The average Bonchev–Trinajstić information content (AvgIpc) is 3.13. The van der Waals surface area contributed by atoms with E-state index in [9.17, 15) is 13.2 Å². The normalized spacial score (nSPS) is 11.2. The number of hydrogen-bond donors (Lipinski definition) is 2. The largest absolute Gasteiger partial charge is 0.459 e. The zero-order valence-corrected chi connectivity index (χ0v) is 15.3. The van der Waals surface area contributed by atoms with E-state index in [-0.39, 0.29) is 21.4 Å². The number of para-hydroxylation sites is 1. The van der Waals surface area contributed by atoms with Crippen LogP contribution in [0.3, 0.4) is 0 Å². The summed E-state index contributed by atoms with van der Waals surface area (Å²) < 4.78 is 33.0. The lowest BCUT2D eigenvalue weighted by atomic mass is 10.2. The second kappa shape index (κ2) is 7.23. The summed E-state index contributed by atoms with van der Waals surface area (Å²) in [7, 11) is -3.89. The molecule has 2 aromatic carbocycles. The quantitative estimate of drug-likeness (QED) is 0.680. The monoisotopic (exact) mass is 390 g/mol. The summed E-state index contributed by atoms with van der Waals surface area (Å²) in [5.41, 5.74) is 1.13. The standard InChI is InChI=1S/C18H15ClN2O4S/c1-12-8-9-13(20-18(22)16-7-4-10-25-16)11-17(12)26(23,24)21-15-6-3-2-5-14(15)19/h2-11,21H,1H3,(H,20,22). The van der Waals surface area contributed by atoms with E-state index in [0.29, 0.717) is 11.3 Å². The van der Waals surface area contributed by atoms with Crippen LogP contribution in [0.25, 0.3) is 0 Å². The first-order valence-corrected chi connectivity index (χ1v) is 9.46. The predicted octanol–water partition coefficient (Wildman–Crippen LogP) is 4.29. The number of anilines is 2. The number of amides is 1. The van der Waals surface area contributed by atoms with E-state index >= 15 is 0 Å². The molecule has 0 atom stereocenters. The summed E-state index contributed by atoms with van der Waals surface area (Å²) in [4.78, 5) is 12.1. The van der Waals surface area contributed by atoms with E-state index in [1.54, 1.807) is 49.4 Å². The highest BCUT2D eigenvalue weighted by Crippen LogP contribution is 2.27. The van der Waals surface area contributed by atoms with Crippen LogP contribution in [0.15, 0.2) is 70.2 Å². The molecule has 1 amide bonds. The van der Waals surface area contributed by atoms with Gasteiger partial charge in [-0.15, -0.1) is 0 Å². The first-order valence-electron chi connectivity index (χ1n) is 7.60. The number of benzene rings is 2. The highest BCUT2D eigenvalue weighted by atomic mass is 35.5. The minimum Gasteiger partial charge on any atom is -0.459 e. The maximum atomic E-state index is 12.7. The molecular formula is C18H15ClN2O4S. The molecule has 0 saturated carbocycles. The van der Waals surface area contributed by atoms with Gasteiger partial charge in [0.1, 0.15) is 0 Å². The molecule has 0 aliphatic heterocycles. The Labute approximate surface area is 155 Å². The molecule has 0 saturated heterocycles. The van der Waals surface area contributed by atoms with Gasteiger partial charge < -0.3 is 9.73 Å². The molecule has 0 bridgehead atoms. The lowest BCUT2D eigenvalue weighted by Crippen LogP contribution is -2.16. The fourth-order valence-electron chi connectivity index (χ4n) is 2.31. The zero-order chi connectivity index (χ0) is 18.7. The van der Waals surface area contributed by atoms with Crippen LogP contribution < -0.4 is 10.0 Å². The van der Waals surface area contributed by atoms with Crippen LogP contribution in [0.2, 0.25) is 5.02 Å². The van der Waals surface area contributed by atoms with Crippen molar-refractivity contribution in [3.05, 3.63) is 77.2 Å². The number of nitrogens with one attached hydrogen (secondary N) is 2. The van der Waals surface area contributed by atoms with Crippen molar-refractivity contribution in [3.8, 4) is 0 Å². The summed E-state index contributed by atoms with van der Waals surface area (Å²) in [5, 5.41) is 2.90. The van der Waals surface area contributed by atoms with Crippen LogP contribution in [0.1, 0.15) is 16.1 Å². The number of carbonyl (C=O) groups excluding carboxylic acids is 1. The molecule has 134 valence electrons. The molecule has 1 heterocycles. The molecule has 2 N–H and O–H groups in total. The van der Waals surface area contributed by atoms with Crippen molar-refractivity contribution in [1.29, 1.82) is 0 Å². The fourth-order valence-corrected chi connectivity index (χ4v) is 3.90. The van der Waals surface area contributed by atoms with Crippen LogP contribution in [-0.4, -0.2) is 14.3 Å². The van der Waals surface area contributed by atoms with Gasteiger partial charge in [-0.2, -0.15) is 0 Å². The van der Waals surface area contributed by atoms with Gasteiger partial charge >= 0.3 is 0 Å². The summed E-state index contributed by atoms with van der Waals surface area (Å²) in [6, 6.07) is 14.3. The van der Waals surface area contributed by atoms with Gasteiger partial charge in [0.15, 0.2) is 5.76 Å². The van der Waals surface area contributed by atoms with Gasteiger partial charge in [0.2, 0.25) is 0 Å². The third-order valence-electron chi connectivity index (χ3n) is 3.60. The average molecular weight is 391 g/mol. The van der Waals surface area contributed by atoms with Crippen molar-refractivity contribution in [2.24, 2.45) is 0 Å². The van der Waals surface area contributed by atoms with E-state index in [0.717, 1.165) is 0 Å². The van der Waals surface area contributed by atoms with Crippen molar-refractivity contribution >= 4 is 38.9 Å². The second-order valence-electron chi connectivity index (χ2n) is 5.50. The number of sulfonamides is 1. The van der Waals surface area contributed by atoms with Gasteiger partial charge in [-0.25, -0.2) is 8.42 Å². The molecule has 3 aromatic rings. The lowest BCUT2D eigenvalue weighted by molar-refractivity contribution is 0.0996. The summed E-state index contributed by atoms with van der Waals surface area (Å²) in [5.74, 6) is -0.342. The Bertz CT molecular complexity index is 1050. The summed E-state index contributed by atoms with van der Waals surface area (Å²) in [6.45, 7) is 1.67. The third-order valence-corrected chi connectivity index (χ3v) is 5.44. The molecule has 0 fully saturated rings. The van der Waals surface area contributed by atoms with Gasteiger partial charge in [-0.3, -0.25) is 9.52 Å². The maximum Gasteiger partial charge on any atom is 0.291 e. The molecule has 0 unspecified atom stereocenters. The van der Waals surface area contributed by atoms with E-state index in [1.807, 2.05) is 0 Å². The molecule has 0 aliphatic carbocycles. The van der Waals surface area contributed by atoms with E-state index in [4.69, 9.17) is 16.0 Å². The first-order chi connectivity index (χ1) is 12.4. The SMILES string of the molecule is Cc1ccc(NC(=O)c2ccco2)cc1S(=O)(=O)Nc1ccccc1Cl. The fraction of sp³-hybridized carbons (Fsp3) is 0.0556. The first kappa shape index (κ1) is 18.0. The topological polar surface area (TPSA) is 88.4 Å². The Balaban J connectivity index is 1.89. The van der Waals surface area contributed by atoms with Gasteiger partial charge in [-0.05, 0) is 48.9 Å². The van der Waals surface area contributed by atoms with Gasteiger partial charge in [0.25, 0.3) is 15.9 Å². The Hall–Kier alpha value is -2.77. The number of hydrogen-bond acceptors (Lipinski definition) is 4. The maximum absolute atomic E-state index is 12.7. The van der Waals surface area contributed by atoms with E-state index in [1.165, 1.54) is 18.4 Å². The van der Waals surface area contributed by atoms with Gasteiger partial charge in [0, 0.05) is 5.69 Å². The second-order valence-corrected chi connectivity index (χ2v) is 7.56. The molecule has 8 heteroatoms. The minimum absolute atomic E-state index is 0.0367. The Kier molecular flexibility index (Phi) is 5.01.